The van der Waals surface area contributed by atoms with Gasteiger partial charge in [0, 0.05) is 31.8 Å². The molecule has 0 unspecified atom stereocenters. The molecule has 0 radical (unpaired) electrons. The first kappa shape index (κ1) is 26.1. The van der Waals surface area contributed by atoms with Gasteiger partial charge in [-0.2, -0.15) is 0 Å². The van der Waals surface area contributed by atoms with Crippen molar-refractivity contribution in [2.24, 2.45) is 5.84 Å². The number of nitrogens with two attached hydrogens (primary N) is 1. The third-order valence-electron chi connectivity index (χ3n) is 5.73. The summed E-state index contributed by atoms with van der Waals surface area (Å²) in [5.41, 5.74) is 6.12. The van der Waals surface area contributed by atoms with Gasteiger partial charge < -0.3 is 25.1 Å². The van der Waals surface area contributed by atoms with Gasteiger partial charge in [0.1, 0.15) is 29.6 Å². The van der Waals surface area contributed by atoms with Crippen LogP contribution in [0.1, 0.15) is 0 Å². The van der Waals surface area contributed by atoms with Crippen molar-refractivity contribution in [2.45, 2.75) is 6.10 Å². The Hall–Kier alpha value is -4.01. The molecule has 2 aliphatic rings. The summed E-state index contributed by atoms with van der Waals surface area (Å²) in [5.74, 6) is 3.70. The van der Waals surface area contributed by atoms with Crippen molar-refractivity contribution in [3.8, 4) is 5.75 Å². The second-order valence-corrected chi connectivity index (χ2v) is 8.32. The lowest BCUT2D eigenvalue weighted by molar-refractivity contribution is -0.276. The fourth-order valence-electron chi connectivity index (χ4n) is 4.04. The van der Waals surface area contributed by atoms with Crippen molar-refractivity contribution < 1.29 is 38.0 Å². The Labute approximate surface area is 210 Å². The number of ether oxygens (including phenoxy) is 2. The molecule has 2 aromatic rings. The predicted molar refractivity (Wildman–Crippen MR) is 126 cm³/mol. The van der Waals surface area contributed by atoms with E-state index in [2.05, 4.69) is 11.2 Å². The predicted octanol–water partition coefficient (Wildman–Crippen LogP) is 1.14. The number of cyclic esters (lactones) is 1. The van der Waals surface area contributed by atoms with Crippen LogP contribution < -0.4 is 31.5 Å². The van der Waals surface area contributed by atoms with Crippen LogP contribution in [0.5, 0.6) is 5.75 Å². The molecule has 2 heterocycles. The monoisotopic (exact) mass is 522 g/mol. The molecule has 14 heteroatoms. The molecule has 1 atom stereocenters. The standard InChI is InChI=1S/C23H26F3N7O4/c24-15-1-3-17(4-2-15)36-23(35)33-10-9-30(8-6-29-33)21-19(25)11-16(12-20(21)26)32-14-18(37-22(32)34)13-31(28)7-5-27/h1-5,7,11-12,18,29H,6,8-10,13-14,27-28H2/p+1/b7-5-/t18-/m0/s1. The van der Waals surface area contributed by atoms with Crippen LogP contribution in [0.4, 0.5) is 34.1 Å². The van der Waals surface area contributed by atoms with E-state index in [1.165, 1.54) is 39.5 Å². The number of carbonyl (C=O) groups excluding carboxylic acids is 2. The zero-order chi connectivity index (χ0) is 26.5. The van der Waals surface area contributed by atoms with Gasteiger partial charge in [-0.25, -0.2) is 39.0 Å². The molecule has 198 valence electrons. The second-order valence-electron chi connectivity index (χ2n) is 8.32. The minimum absolute atomic E-state index is 0.0139. The molecule has 6 N–H and O–H groups in total. The molecular weight excluding hydrogens is 495 g/mol. The van der Waals surface area contributed by atoms with Crippen molar-refractivity contribution in [1.82, 2.24) is 15.4 Å². The van der Waals surface area contributed by atoms with E-state index < -0.39 is 35.7 Å². The van der Waals surface area contributed by atoms with Crippen molar-refractivity contribution in [1.29, 1.82) is 0 Å². The van der Waals surface area contributed by atoms with Crippen LogP contribution in [0.3, 0.4) is 0 Å². The lowest BCUT2D eigenvalue weighted by Crippen LogP contribution is -2.45. The zero-order valence-corrected chi connectivity index (χ0v) is 19.8. The third kappa shape index (κ3) is 6.22. The van der Waals surface area contributed by atoms with Crippen molar-refractivity contribution in [3.05, 3.63) is 66.2 Å². The number of carbonyl (C=O) groups is 2. The number of quaternary nitrogens is 1. The number of halogens is 3. The average molecular weight is 523 g/mol. The van der Waals surface area contributed by atoms with Gasteiger partial charge in [0.25, 0.3) is 0 Å². The summed E-state index contributed by atoms with van der Waals surface area (Å²) < 4.78 is 53.8. The Morgan fingerprint density at radius 3 is 2.57 bits per heavy atom. The lowest BCUT2D eigenvalue weighted by atomic mass is 10.2. The molecule has 0 aromatic heterocycles. The van der Waals surface area contributed by atoms with Gasteiger partial charge in [0.2, 0.25) is 0 Å². The molecule has 2 saturated heterocycles. The number of hydrazine groups is 2. The maximum atomic E-state index is 15.1. The molecule has 2 fully saturated rings. The highest BCUT2D eigenvalue weighted by Gasteiger charge is 2.34. The second kappa shape index (κ2) is 11.4. The molecule has 0 aliphatic carbocycles. The molecule has 0 spiro atoms. The number of anilines is 2. The summed E-state index contributed by atoms with van der Waals surface area (Å²) in [6, 6.07) is 7.08. The zero-order valence-electron chi connectivity index (χ0n) is 19.8. The van der Waals surface area contributed by atoms with Gasteiger partial charge in [0.05, 0.1) is 31.5 Å². The Bertz CT molecular complexity index is 1140. The molecular formula is C23H27F3N7O4+. The first-order valence-corrected chi connectivity index (χ1v) is 11.4. The Morgan fingerprint density at radius 1 is 1.19 bits per heavy atom. The lowest BCUT2D eigenvalue weighted by Gasteiger charge is -2.25. The Kier molecular flexibility index (Phi) is 8.01. The third-order valence-corrected chi connectivity index (χ3v) is 5.73. The molecule has 0 bridgehead atoms. The minimum atomic E-state index is -0.867. The fourth-order valence-corrected chi connectivity index (χ4v) is 4.04. The highest BCUT2D eigenvalue weighted by atomic mass is 19.1. The first-order valence-electron chi connectivity index (χ1n) is 11.4. The van der Waals surface area contributed by atoms with E-state index in [9.17, 15) is 14.0 Å². The molecule has 37 heavy (non-hydrogen) atoms. The van der Waals surface area contributed by atoms with E-state index in [1.807, 2.05) is 0 Å². The minimum Gasteiger partial charge on any atom is -0.442 e. The van der Waals surface area contributed by atoms with Crippen LogP contribution in [0, 0.1) is 17.5 Å². The van der Waals surface area contributed by atoms with Crippen molar-refractivity contribution in [3.63, 3.8) is 0 Å². The average Bonchev–Trinajstić information content (AvgIpc) is 3.04. The topological polar surface area (TPSA) is 131 Å². The van der Waals surface area contributed by atoms with Gasteiger partial charge >= 0.3 is 12.2 Å². The van der Waals surface area contributed by atoms with Crippen LogP contribution in [0.25, 0.3) is 0 Å². The molecule has 2 aromatic carbocycles. The van der Waals surface area contributed by atoms with Crippen LogP contribution >= 0.6 is 0 Å². The van der Waals surface area contributed by atoms with E-state index in [0.29, 0.717) is 0 Å². The van der Waals surface area contributed by atoms with E-state index in [4.69, 9.17) is 15.3 Å². The van der Waals surface area contributed by atoms with Crippen LogP contribution in [0.15, 0.2) is 48.8 Å². The van der Waals surface area contributed by atoms with Gasteiger partial charge in [-0.05, 0) is 24.3 Å². The Balaban J connectivity index is 1.41. The highest BCUT2D eigenvalue weighted by Crippen LogP contribution is 2.31. The van der Waals surface area contributed by atoms with Gasteiger partial charge in [-0.15, -0.1) is 0 Å². The Morgan fingerprint density at radius 2 is 1.89 bits per heavy atom. The number of rotatable bonds is 6. The summed E-state index contributed by atoms with van der Waals surface area (Å²) >= 11 is 0. The van der Waals surface area contributed by atoms with Crippen molar-refractivity contribution >= 4 is 23.6 Å². The van der Waals surface area contributed by atoms with E-state index in [1.54, 1.807) is 0 Å². The molecule has 4 rings (SSSR count). The highest BCUT2D eigenvalue weighted by molar-refractivity contribution is 5.90. The van der Waals surface area contributed by atoms with Crippen molar-refractivity contribution in [2.75, 3.05) is 49.1 Å². The van der Waals surface area contributed by atoms with Crippen LogP contribution in [0.2, 0.25) is 0 Å². The van der Waals surface area contributed by atoms with E-state index in [-0.39, 0.29) is 56.4 Å². The summed E-state index contributed by atoms with van der Waals surface area (Å²) in [5, 5.41) is 2.48. The molecule has 0 saturated carbocycles. The first-order chi connectivity index (χ1) is 17.7. The summed E-state index contributed by atoms with van der Waals surface area (Å²) in [7, 11) is 0. The maximum absolute atomic E-state index is 15.1. The summed E-state index contributed by atoms with van der Waals surface area (Å²) in [6.45, 7) is 0.771. The maximum Gasteiger partial charge on any atom is 0.429 e. The molecule has 2 amide bonds. The number of nitrogens with zero attached hydrogens (tertiary/aromatic N) is 4. The quantitative estimate of drug-likeness (QED) is 0.380. The van der Waals surface area contributed by atoms with Crippen LogP contribution in [-0.4, -0.2) is 67.6 Å². The number of amides is 2. The smallest absolute Gasteiger partial charge is 0.429 e. The van der Waals surface area contributed by atoms with Crippen LogP contribution in [-0.2, 0) is 4.74 Å². The number of hydrogen-bond acceptors (Lipinski definition) is 8. The SMILES string of the molecule is NN(/C=C\[NH3+])C[C@H]1CN(c2cc(F)c(N3CCNN(C(=O)Oc4ccc(F)cc4)CC3)c(F)c2)C(=O)O1. The number of benzene rings is 2. The summed E-state index contributed by atoms with van der Waals surface area (Å²) in [6.07, 6.45) is 0.900. The normalized spacial score (nSPS) is 18.2. The van der Waals surface area contributed by atoms with E-state index >= 15 is 8.78 Å². The van der Waals surface area contributed by atoms with E-state index in [0.717, 1.165) is 29.2 Å². The van der Waals surface area contributed by atoms with Gasteiger partial charge in [-0.3, -0.25) is 4.90 Å². The summed E-state index contributed by atoms with van der Waals surface area (Å²) in [4.78, 5) is 27.3. The number of nitrogens with one attached hydrogen (secondary N) is 1. The molecule has 2 aliphatic heterocycles. The largest absolute Gasteiger partial charge is 0.442 e. The number of hydrogen-bond donors (Lipinski definition) is 3. The molecule has 11 nitrogen and oxygen atoms in total. The fraction of sp³-hybridized carbons (Fsp3) is 0.304. The van der Waals surface area contributed by atoms with Gasteiger partial charge in [0.15, 0.2) is 11.6 Å². The van der Waals surface area contributed by atoms with Gasteiger partial charge in [-0.1, -0.05) is 0 Å².